The van der Waals surface area contributed by atoms with E-state index in [1.54, 1.807) is 19.1 Å². The molecule has 55 heavy (non-hydrogen) atoms. The van der Waals surface area contributed by atoms with Gasteiger partial charge in [0, 0.05) is 24.7 Å². The molecule has 0 fully saturated rings. The van der Waals surface area contributed by atoms with Gasteiger partial charge in [-0.3, -0.25) is 9.59 Å². The van der Waals surface area contributed by atoms with Gasteiger partial charge in [0.2, 0.25) is 0 Å². The van der Waals surface area contributed by atoms with Crippen molar-refractivity contribution in [3.63, 3.8) is 0 Å². The lowest BCUT2D eigenvalue weighted by Gasteiger charge is -2.45. The first-order valence-electron chi connectivity index (χ1n) is 20.3. The quantitative estimate of drug-likeness (QED) is 0.0426. The van der Waals surface area contributed by atoms with Gasteiger partial charge in [-0.05, 0) is 74.3 Å². The van der Waals surface area contributed by atoms with Crippen LogP contribution < -0.4 is 5.73 Å². The van der Waals surface area contributed by atoms with Gasteiger partial charge in [-0.25, -0.2) is 4.79 Å². The number of carbonyl (C=O) groups excluding carboxylic acids is 3. The normalized spacial score (nSPS) is 18.5. The summed E-state index contributed by atoms with van der Waals surface area (Å²) in [4.78, 5) is 36.3. The molecule has 0 aromatic carbocycles. The molecule has 0 aliphatic carbocycles. The van der Waals surface area contributed by atoms with Gasteiger partial charge in [-0.2, -0.15) is 0 Å². The number of hydrogen-bond acceptors (Lipinski definition) is 8. The number of Topliss-reactive ketones (excluding diaryl/α,β-unsaturated/α-hetero) is 1. The minimum Gasteiger partial charge on any atom is -0.466 e. The van der Waals surface area contributed by atoms with Gasteiger partial charge < -0.3 is 29.2 Å². The van der Waals surface area contributed by atoms with Gasteiger partial charge in [-0.15, -0.1) is 0 Å². The van der Waals surface area contributed by atoms with E-state index in [-0.39, 0.29) is 83.5 Å². The standard InChI is InChI=1S/C44H81NO8Si2/c1-19-21-22-31(4)40(51-42(45)49)35(8)41(53-55(17,18)44(12,13)14)34(7)28-30(3)27-33(6)39(52-54(15,16)43(9,10)11)32(5)23-24-36(46)29-37(47)25-26-38(48)50-20-2/h19,21-24,27,31-36,39-41,46H,1,20,25-26,28-29H2,2-18H3,(H2,45,49). The van der Waals surface area contributed by atoms with Crippen LogP contribution in [0.25, 0.3) is 0 Å². The maximum atomic E-state index is 12.5. The highest BCUT2D eigenvalue weighted by atomic mass is 28.4. The van der Waals surface area contributed by atoms with E-state index >= 15 is 0 Å². The van der Waals surface area contributed by atoms with Crippen LogP contribution in [0.1, 0.15) is 116 Å². The number of ether oxygens (including phenoxy) is 2. The summed E-state index contributed by atoms with van der Waals surface area (Å²) in [5.74, 6) is -0.831. The van der Waals surface area contributed by atoms with Crippen LogP contribution in [-0.2, 0) is 27.9 Å². The van der Waals surface area contributed by atoms with Crippen molar-refractivity contribution in [2.75, 3.05) is 6.61 Å². The Bertz CT molecular complexity index is 1310. The highest BCUT2D eigenvalue weighted by Gasteiger charge is 2.44. The van der Waals surface area contributed by atoms with Crippen LogP contribution in [0.3, 0.4) is 0 Å². The SMILES string of the molecule is C=CC=CC(C)C(OC(N)=O)C(C)C(O[Si](C)(C)C(C)(C)C)C(C)CC(C)=CC(C)C(O[Si](C)(C)C(C)(C)C)C(C)C=CC(O)CC(=O)CCC(=O)OCC. The second-order valence-corrected chi connectivity index (χ2v) is 28.4. The lowest BCUT2D eigenvalue weighted by molar-refractivity contribution is -0.144. The van der Waals surface area contributed by atoms with Crippen molar-refractivity contribution < 1.29 is 37.8 Å². The Hall–Kier alpha value is -2.32. The molecular weight excluding hydrogens is 727 g/mol. The second kappa shape index (κ2) is 23.2. The molecule has 0 aromatic heterocycles. The third-order valence-electron chi connectivity index (χ3n) is 11.6. The molecule has 0 bridgehead atoms. The van der Waals surface area contributed by atoms with Crippen LogP contribution >= 0.6 is 0 Å². The zero-order chi connectivity index (χ0) is 43.1. The molecule has 0 heterocycles. The number of rotatable bonds is 24. The average molecular weight is 808 g/mol. The lowest BCUT2D eigenvalue weighted by Crippen LogP contribution is -2.50. The molecule has 0 spiro atoms. The summed E-state index contributed by atoms with van der Waals surface area (Å²) in [5.41, 5.74) is 6.82. The fourth-order valence-corrected chi connectivity index (χ4v) is 9.32. The van der Waals surface area contributed by atoms with E-state index in [4.69, 9.17) is 24.1 Å². The van der Waals surface area contributed by atoms with E-state index in [0.717, 1.165) is 6.42 Å². The van der Waals surface area contributed by atoms with Gasteiger partial charge in [0.15, 0.2) is 16.6 Å². The van der Waals surface area contributed by atoms with Crippen LogP contribution in [0.2, 0.25) is 36.3 Å². The molecule has 0 aliphatic heterocycles. The predicted octanol–water partition coefficient (Wildman–Crippen LogP) is 10.7. The Kier molecular flexibility index (Phi) is 22.2. The van der Waals surface area contributed by atoms with E-state index in [1.165, 1.54) is 5.57 Å². The Balaban J connectivity index is 6.60. The van der Waals surface area contributed by atoms with E-state index in [0.29, 0.717) is 0 Å². The maximum absolute atomic E-state index is 12.5. The number of ketones is 1. The Labute approximate surface area is 338 Å². The van der Waals surface area contributed by atoms with Gasteiger partial charge in [0.05, 0.1) is 31.3 Å². The van der Waals surface area contributed by atoms with Crippen LogP contribution in [0.15, 0.2) is 48.6 Å². The van der Waals surface area contributed by atoms with Crippen LogP contribution in [0, 0.1) is 29.6 Å². The van der Waals surface area contributed by atoms with E-state index < -0.39 is 40.9 Å². The average Bonchev–Trinajstić information content (AvgIpc) is 3.03. The van der Waals surface area contributed by atoms with Crippen molar-refractivity contribution >= 4 is 34.5 Å². The van der Waals surface area contributed by atoms with Gasteiger partial charge in [-0.1, -0.05) is 125 Å². The van der Waals surface area contributed by atoms with Crippen molar-refractivity contribution in [1.82, 2.24) is 0 Å². The molecule has 318 valence electrons. The van der Waals surface area contributed by atoms with Crippen LogP contribution in [0.4, 0.5) is 4.79 Å². The molecule has 0 radical (unpaired) electrons. The third-order valence-corrected chi connectivity index (χ3v) is 20.6. The topological polar surface area (TPSA) is 134 Å². The molecule has 9 unspecified atom stereocenters. The van der Waals surface area contributed by atoms with E-state index in [1.807, 2.05) is 25.2 Å². The van der Waals surface area contributed by atoms with Crippen molar-refractivity contribution in [1.29, 1.82) is 0 Å². The van der Waals surface area contributed by atoms with Crippen molar-refractivity contribution in [3.05, 3.63) is 48.6 Å². The number of hydrogen-bond donors (Lipinski definition) is 2. The molecule has 11 heteroatoms. The molecule has 0 aliphatic rings. The molecule has 0 saturated heterocycles. The van der Waals surface area contributed by atoms with Gasteiger partial charge >= 0.3 is 12.1 Å². The summed E-state index contributed by atoms with van der Waals surface area (Å²) in [6.07, 6.45) is 9.60. The van der Waals surface area contributed by atoms with Crippen LogP contribution in [-0.4, -0.2) is 70.6 Å². The first kappa shape index (κ1) is 52.7. The summed E-state index contributed by atoms with van der Waals surface area (Å²) in [6, 6.07) is 0. The summed E-state index contributed by atoms with van der Waals surface area (Å²) >= 11 is 0. The Morgan fingerprint density at radius 2 is 1.27 bits per heavy atom. The smallest absolute Gasteiger partial charge is 0.404 e. The lowest BCUT2D eigenvalue weighted by atomic mass is 9.81. The summed E-state index contributed by atoms with van der Waals surface area (Å²) in [7, 11) is -4.47. The number of aliphatic hydroxyl groups excluding tert-OH is 1. The van der Waals surface area contributed by atoms with Crippen molar-refractivity contribution in [3.8, 4) is 0 Å². The monoisotopic (exact) mass is 808 g/mol. The molecule has 9 atom stereocenters. The molecule has 0 saturated carbocycles. The minimum atomic E-state index is -2.25. The van der Waals surface area contributed by atoms with E-state index in [9.17, 15) is 19.5 Å². The summed E-state index contributed by atoms with van der Waals surface area (Å²) in [5, 5.41) is 10.7. The fourth-order valence-electron chi connectivity index (χ4n) is 6.37. The Morgan fingerprint density at radius 1 is 0.764 bits per heavy atom. The highest BCUT2D eigenvalue weighted by molar-refractivity contribution is 6.74. The molecule has 9 nitrogen and oxygen atoms in total. The molecule has 3 N–H and O–H groups in total. The fraction of sp³-hybridized carbons (Fsp3) is 0.750. The number of amides is 1. The maximum Gasteiger partial charge on any atom is 0.404 e. The first-order chi connectivity index (χ1) is 25.0. The molecule has 0 rings (SSSR count). The van der Waals surface area contributed by atoms with Crippen LogP contribution in [0.5, 0.6) is 0 Å². The third kappa shape index (κ3) is 18.7. The van der Waals surface area contributed by atoms with Gasteiger partial charge in [0.25, 0.3) is 0 Å². The zero-order valence-electron chi connectivity index (χ0n) is 37.8. The minimum absolute atomic E-state index is 0.0137. The number of nitrogens with two attached hydrogens (primary N) is 1. The highest BCUT2D eigenvalue weighted by Crippen LogP contribution is 2.42. The van der Waals surface area contributed by atoms with Crippen molar-refractivity contribution in [2.24, 2.45) is 35.3 Å². The number of allylic oxidation sites excluding steroid dienone is 3. The first-order valence-corrected chi connectivity index (χ1v) is 26.1. The molecule has 1 amide bonds. The van der Waals surface area contributed by atoms with Crippen molar-refractivity contribution in [2.45, 2.75) is 176 Å². The summed E-state index contributed by atoms with van der Waals surface area (Å²) in [6.45, 7) is 40.9. The Morgan fingerprint density at radius 3 is 1.75 bits per heavy atom. The van der Waals surface area contributed by atoms with E-state index in [2.05, 4.69) is 115 Å². The predicted molar refractivity (Wildman–Crippen MR) is 233 cm³/mol. The van der Waals surface area contributed by atoms with Gasteiger partial charge in [0.1, 0.15) is 11.9 Å². The number of primary amides is 1. The molecular formula is C44H81NO8Si2. The zero-order valence-corrected chi connectivity index (χ0v) is 39.8. The second-order valence-electron chi connectivity index (χ2n) is 18.8. The molecule has 0 aromatic rings. The number of carbonyl (C=O) groups is 3. The summed E-state index contributed by atoms with van der Waals surface area (Å²) < 4.78 is 25.0. The largest absolute Gasteiger partial charge is 0.466 e. The number of esters is 1. The number of aliphatic hydroxyl groups is 1.